The summed E-state index contributed by atoms with van der Waals surface area (Å²) in [6, 6.07) is 8.23. The first-order valence-corrected chi connectivity index (χ1v) is 6.83. The Morgan fingerprint density at radius 1 is 1.00 bits per heavy atom. The summed E-state index contributed by atoms with van der Waals surface area (Å²) in [6.45, 7) is 2.25. The highest BCUT2D eigenvalue weighted by Crippen LogP contribution is 2.23. The van der Waals surface area contributed by atoms with E-state index in [-0.39, 0.29) is 0 Å². The molecule has 0 unspecified atom stereocenters. The predicted molar refractivity (Wildman–Crippen MR) is 77.6 cm³/mol. The number of hydrogen-bond acceptors (Lipinski definition) is 2. The van der Waals surface area contributed by atoms with Crippen molar-refractivity contribution in [3.05, 3.63) is 29.8 Å². The van der Waals surface area contributed by atoms with Crippen LogP contribution in [0.1, 0.15) is 37.7 Å². The molecule has 0 aliphatic carbocycles. The molecule has 3 heteroatoms. The van der Waals surface area contributed by atoms with Crippen molar-refractivity contribution in [2.45, 2.75) is 32.1 Å². The van der Waals surface area contributed by atoms with E-state index < -0.39 is 0 Å². The lowest BCUT2D eigenvalue weighted by Gasteiger charge is -2.28. The fraction of sp³-hybridized carbons (Fsp3) is 0.500. The second kappa shape index (κ2) is 6.01. The van der Waals surface area contributed by atoms with Gasteiger partial charge in [-0.15, -0.1) is 0 Å². The zero-order chi connectivity index (χ0) is 12.1. The van der Waals surface area contributed by atoms with E-state index in [2.05, 4.69) is 17.0 Å². The van der Waals surface area contributed by atoms with E-state index in [1.54, 1.807) is 0 Å². The van der Waals surface area contributed by atoms with Crippen LogP contribution < -0.4 is 10.6 Å². The predicted octanol–water partition coefficient (Wildman–Crippen LogP) is 3.09. The van der Waals surface area contributed by atoms with Crippen molar-refractivity contribution in [2.75, 3.05) is 18.0 Å². The molecule has 1 aliphatic heterocycles. The summed E-state index contributed by atoms with van der Waals surface area (Å²) in [4.78, 5) is 2.94. The summed E-state index contributed by atoms with van der Waals surface area (Å²) in [5.41, 5.74) is 8.02. The van der Waals surface area contributed by atoms with Crippen molar-refractivity contribution < 1.29 is 0 Å². The first kappa shape index (κ1) is 12.4. The first-order valence-electron chi connectivity index (χ1n) is 6.43. The summed E-state index contributed by atoms with van der Waals surface area (Å²) in [5.74, 6) is 0. The van der Waals surface area contributed by atoms with Crippen molar-refractivity contribution in [3.63, 3.8) is 0 Å². The Morgan fingerprint density at radius 2 is 1.59 bits per heavy atom. The van der Waals surface area contributed by atoms with Gasteiger partial charge >= 0.3 is 0 Å². The van der Waals surface area contributed by atoms with E-state index in [9.17, 15) is 0 Å². The van der Waals surface area contributed by atoms with Gasteiger partial charge in [-0.1, -0.05) is 43.6 Å². The highest BCUT2D eigenvalue weighted by atomic mass is 32.1. The standard InChI is InChI=1S/C14H20N2S/c15-14(17)12-8-4-5-9-13(12)16-10-6-2-1-3-7-11-16/h4-5,8-9H,1-3,6-7,10-11H2,(H2,15,17). The number of benzene rings is 1. The lowest BCUT2D eigenvalue weighted by molar-refractivity contribution is 0.556. The molecule has 1 aliphatic rings. The van der Waals surface area contributed by atoms with Gasteiger partial charge in [-0.3, -0.25) is 0 Å². The molecule has 2 N–H and O–H groups in total. The molecular weight excluding hydrogens is 228 g/mol. The Balaban J connectivity index is 2.21. The molecule has 0 saturated carbocycles. The first-order chi connectivity index (χ1) is 8.29. The van der Waals surface area contributed by atoms with Crippen molar-refractivity contribution >= 4 is 22.9 Å². The molecule has 0 radical (unpaired) electrons. The van der Waals surface area contributed by atoms with Crippen LogP contribution in [-0.2, 0) is 0 Å². The van der Waals surface area contributed by atoms with Gasteiger partial charge < -0.3 is 10.6 Å². The highest BCUT2D eigenvalue weighted by molar-refractivity contribution is 7.80. The molecule has 92 valence electrons. The zero-order valence-corrected chi connectivity index (χ0v) is 11.0. The second-order valence-electron chi connectivity index (χ2n) is 4.64. The molecule has 1 aromatic rings. The van der Waals surface area contributed by atoms with E-state index >= 15 is 0 Å². The molecule has 1 heterocycles. The number of para-hydroxylation sites is 1. The van der Waals surface area contributed by atoms with E-state index in [1.165, 1.54) is 37.8 Å². The number of anilines is 1. The van der Waals surface area contributed by atoms with Gasteiger partial charge in [0.2, 0.25) is 0 Å². The van der Waals surface area contributed by atoms with Crippen molar-refractivity contribution in [3.8, 4) is 0 Å². The summed E-state index contributed by atoms with van der Waals surface area (Å²) in [5, 5.41) is 0. The van der Waals surface area contributed by atoms with Gasteiger partial charge in [-0.25, -0.2) is 0 Å². The monoisotopic (exact) mass is 248 g/mol. The maximum absolute atomic E-state index is 5.80. The molecule has 0 aromatic heterocycles. The SMILES string of the molecule is NC(=S)c1ccccc1N1CCCCCCC1. The topological polar surface area (TPSA) is 29.3 Å². The van der Waals surface area contributed by atoms with Gasteiger partial charge in [0.15, 0.2) is 0 Å². The van der Waals surface area contributed by atoms with E-state index in [4.69, 9.17) is 18.0 Å². The van der Waals surface area contributed by atoms with Gasteiger partial charge in [-0.2, -0.15) is 0 Å². The van der Waals surface area contributed by atoms with Crippen LogP contribution in [0.2, 0.25) is 0 Å². The van der Waals surface area contributed by atoms with Gasteiger partial charge in [0, 0.05) is 24.3 Å². The number of nitrogens with two attached hydrogens (primary N) is 1. The van der Waals surface area contributed by atoms with Crippen molar-refractivity contribution in [2.24, 2.45) is 5.73 Å². The van der Waals surface area contributed by atoms with Crippen LogP contribution in [0.4, 0.5) is 5.69 Å². The molecule has 2 rings (SSSR count). The quantitative estimate of drug-likeness (QED) is 0.816. The van der Waals surface area contributed by atoms with Gasteiger partial charge in [0.25, 0.3) is 0 Å². The molecule has 0 amide bonds. The van der Waals surface area contributed by atoms with Crippen LogP contribution in [0, 0.1) is 0 Å². The van der Waals surface area contributed by atoms with Crippen molar-refractivity contribution in [1.82, 2.24) is 0 Å². The average Bonchev–Trinajstić information content (AvgIpc) is 2.28. The lowest BCUT2D eigenvalue weighted by Crippen LogP contribution is -2.29. The van der Waals surface area contributed by atoms with Crippen LogP contribution in [-0.4, -0.2) is 18.1 Å². The van der Waals surface area contributed by atoms with Gasteiger partial charge in [-0.05, 0) is 25.0 Å². The lowest BCUT2D eigenvalue weighted by atomic mass is 10.1. The number of hydrogen-bond donors (Lipinski definition) is 1. The molecule has 1 aromatic carbocycles. The van der Waals surface area contributed by atoms with Gasteiger partial charge in [0.05, 0.1) is 0 Å². The zero-order valence-electron chi connectivity index (χ0n) is 10.2. The highest BCUT2D eigenvalue weighted by Gasteiger charge is 2.13. The molecule has 0 spiro atoms. The minimum Gasteiger partial charge on any atom is -0.389 e. The third-order valence-corrected chi connectivity index (χ3v) is 3.59. The molecule has 1 fully saturated rings. The summed E-state index contributed by atoms with van der Waals surface area (Å²) in [7, 11) is 0. The summed E-state index contributed by atoms with van der Waals surface area (Å²) >= 11 is 5.13. The maximum Gasteiger partial charge on any atom is 0.106 e. The van der Waals surface area contributed by atoms with Crippen LogP contribution in [0.3, 0.4) is 0 Å². The fourth-order valence-electron chi connectivity index (χ4n) is 2.45. The van der Waals surface area contributed by atoms with Crippen molar-refractivity contribution in [1.29, 1.82) is 0 Å². The van der Waals surface area contributed by atoms with Crippen LogP contribution in [0.25, 0.3) is 0 Å². The second-order valence-corrected chi connectivity index (χ2v) is 5.08. The number of rotatable bonds is 2. The Morgan fingerprint density at radius 3 is 2.24 bits per heavy atom. The molecule has 2 nitrogen and oxygen atoms in total. The van der Waals surface area contributed by atoms with E-state index in [0.717, 1.165) is 18.7 Å². The Bertz CT molecular complexity index is 382. The average molecular weight is 248 g/mol. The molecule has 0 atom stereocenters. The third-order valence-electron chi connectivity index (χ3n) is 3.37. The maximum atomic E-state index is 5.80. The normalized spacial score (nSPS) is 17.3. The minimum atomic E-state index is 0.502. The Labute approximate surface area is 109 Å². The molecule has 0 bridgehead atoms. The van der Waals surface area contributed by atoms with E-state index in [1.807, 2.05) is 12.1 Å². The van der Waals surface area contributed by atoms with Gasteiger partial charge in [0.1, 0.15) is 4.99 Å². The number of thiocarbonyl (C=S) groups is 1. The molecule has 1 saturated heterocycles. The minimum absolute atomic E-state index is 0.502. The number of nitrogens with zero attached hydrogens (tertiary/aromatic N) is 1. The van der Waals surface area contributed by atoms with Crippen LogP contribution in [0.5, 0.6) is 0 Å². The molecular formula is C14H20N2S. The van der Waals surface area contributed by atoms with E-state index in [0.29, 0.717) is 4.99 Å². The summed E-state index contributed by atoms with van der Waals surface area (Å²) < 4.78 is 0. The van der Waals surface area contributed by atoms with Crippen LogP contribution >= 0.6 is 12.2 Å². The fourth-order valence-corrected chi connectivity index (χ4v) is 2.62. The Kier molecular flexibility index (Phi) is 4.37. The largest absolute Gasteiger partial charge is 0.389 e. The molecule has 17 heavy (non-hydrogen) atoms. The Hall–Kier alpha value is -1.09. The van der Waals surface area contributed by atoms with Crippen LogP contribution in [0.15, 0.2) is 24.3 Å². The smallest absolute Gasteiger partial charge is 0.106 e. The third kappa shape index (κ3) is 3.19. The summed E-state index contributed by atoms with van der Waals surface area (Å²) in [6.07, 6.45) is 6.60.